The van der Waals surface area contributed by atoms with Crippen molar-refractivity contribution in [2.45, 2.75) is 334 Å². The number of nitrogens with two attached hydrogens (primary N) is 2. The van der Waals surface area contributed by atoms with Crippen molar-refractivity contribution in [2.24, 2.45) is 11.5 Å². The summed E-state index contributed by atoms with van der Waals surface area (Å²) in [6.07, 6.45) is 40.0. The average molecular weight is 1470 g/mol. The van der Waals surface area contributed by atoms with Crippen molar-refractivity contribution < 1.29 is 78.7 Å². The van der Waals surface area contributed by atoms with Gasteiger partial charge in [0.25, 0.3) is 0 Å². The zero-order chi connectivity index (χ0) is 71.8. The van der Waals surface area contributed by atoms with Crippen LogP contribution in [0.3, 0.4) is 0 Å². The molecule has 0 saturated heterocycles. The average Bonchev–Trinajstić information content (AvgIpc) is 0.934. The molecular weight excluding hydrogens is 1320 g/mol. The molecule has 0 aromatic carbocycles. The number of halogens is 4. The van der Waals surface area contributed by atoms with Crippen molar-refractivity contribution in [1.29, 1.82) is 0 Å². The predicted molar refractivity (Wildman–Crippen MR) is 397 cm³/mol. The van der Waals surface area contributed by atoms with Crippen LogP contribution in [-0.2, 0) is 61.1 Å². The molecule has 0 rings (SSSR count). The predicted octanol–water partition coefficient (Wildman–Crippen LogP) is 18.5. The first-order valence-electron chi connectivity index (χ1n) is 39.2. The standard InChI is InChI=1S/C74H145F4N4O13PS2/c1-5-9-13-17-21-25-29-33-37-41-49-90-61-67(92-51-43-39-35-31-27-23-19-15-11-7-3)63-97-65-69(79)71(83)81-47-55-88-59-57-86-53-45-73(75,76)94-96(85)95-74(77,78)46-54-87-58-60-89-56-48-82-72(84)70(80)66-98-64-68(93-52-44-40-36-32-28-24-20-16-12-8-4)62-91-50-42-38-34-30-26-22-18-14-10-6-2/h67-70H,5-66,79-80H2,1-4H3,(H-,81,82,83,84)/p+1/t67-,68-,69+,70+/m1/s1. The molecule has 2 amide bonds. The minimum Gasteiger partial charge on any atom is -0.379 e. The van der Waals surface area contributed by atoms with Gasteiger partial charge in [-0.2, -0.15) is 41.1 Å². The van der Waals surface area contributed by atoms with Gasteiger partial charge in [0, 0.05) is 67.1 Å². The highest BCUT2D eigenvalue weighted by atomic mass is 32.2. The second-order valence-electron chi connectivity index (χ2n) is 26.4. The van der Waals surface area contributed by atoms with E-state index in [-0.39, 0.29) is 76.8 Å². The molecule has 0 aliphatic carbocycles. The third kappa shape index (κ3) is 70.6. The maximum absolute atomic E-state index is 14.3. The lowest BCUT2D eigenvalue weighted by molar-refractivity contribution is -0.220. The SMILES string of the molecule is CCCCCCCCCCCCOC[C@H](CSC[C@H](N)C(=O)NCCOCCOCCC(F)(F)O[P+](=O)OC(F)(F)CCOCCOCCNC(=O)[C@@H](N)CSC[C@@H](COCCCCCCCCCCCC)OCCCCCCCCCCCC)OCCCCCCCCCCCC. The van der Waals surface area contributed by atoms with Gasteiger partial charge >= 0.3 is 20.5 Å². The summed E-state index contributed by atoms with van der Waals surface area (Å²) in [6.45, 7) is 12.1. The van der Waals surface area contributed by atoms with Gasteiger partial charge in [0.2, 0.25) is 11.8 Å². The van der Waals surface area contributed by atoms with Crippen molar-refractivity contribution in [1.82, 2.24) is 10.6 Å². The maximum atomic E-state index is 14.3. The zero-order valence-corrected chi connectivity index (χ0v) is 64.9. The molecule has 0 spiro atoms. The Morgan fingerprint density at radius 3 is 0.888 bits per heavy atom. The lowest BCUT2D eigenvalue weighted by atomic mass is 10.1. The number of thioether (sulfide) groups is 2. The number of carbonyl (C=O) groups excluding carboxylic acids is 2. The molecule has 584 valence electrons. The van der Waals surface area contributed by atoms with Crippen LogP contribution in [0.4, 0.5) is 17.6 Å². The van der Waals surface area contributed by atoms with E-state index in [4.69, 9.17) is 49.4 Å². The molecule has 0 aliphatic rings. The van der Waals surface area contributed by atoms with Crippen molar-refractivity contribution in [2.75, 3.05) is 129 Å². The molecule has 24 heteroatoms. The summed E-state index contributed by atoms with van der Waals surface area (Å²) in [5, 5.41) is 5.50. The summed E-state index contributed by atoms with van der Waals surface area (Å²) < 4.78 is 123. The fourth-order valence-corrected chi connectivity index (χ4v) is 13.3. The number of amides is 2. The van der Waals surface area contributed by atoms with Crippen LogP contribution in [0.25, 0.3) is 0 Å². The summed E-state index contributed by atoms with van der Waals surface area (Å²) in [5.74, 6) is 1.47. The Balaban J connectivity index is 4.35. The highest BCUT2D eigenvalue weighted by molar-refractivity contribution is 7.99. The number of carbonyl (C=O) groups is 2. The van der Waals surface area contributed by atoms with Crippen LogP contribution in [0.15, 0.2) is 0 Å². The third-order valence-corrected chi connectivity index (χ3v) is 20.0. The number of rotatable bonds is 82. The maximum Gasteiger partial charge on any atom is 0.709 e. The van der Waals surface area contributed by atoms with Gasteiger partial charge in [0.1, 0.15) is 0 Å². The van der Waals surface area contributed by atoms with Crippen molar-refractivity contribution in [3.8, 4) is 0 Å². The minimum atomic E-state index is -4.09. The Bertz CT molecular complexity index is 1610. The molecule has 0 heterocycles. The van der Waals surface area contributed by atoms with Crippen LogP contribution in [0.1, 0.15) is 297 Å². The molecule has 0 radical (unpaired) electrons. The molecule has 17 nitrogen and oxygen atoms in total. The van der Waals surface area contributed by atoms with E-state index in [2.05, 4.69) is 47.4 Å². The molecule has 0 bridgehead atoms. The second-order valence-corrected chi connectivity index (χ2v) is 29.3. The van der Waals surface area contributed by atoms with Gasteiger partial charge in [-0.05, 0) is 34.7 Å². The first-order valence-corrected chi connectivity index (χ1v) is 42.6. The summed E-state index contributed by atoms with van der Waals surface area (Å²) in [6, 6.07) is -1.49. The summed E-state index contributed by atoms with van der Waals surface area (Å²) >= 11 is 3.12. The molecule has 6 N–H and O–H groups in total. The normalized spacial score (nSPS) is 13.3. The van der Waals surface area contributed by atoms with E-state index in [9.17, 15) is 31.7 Å². The third-order valence-electron chi connectivity index (χ3n) is 16.8. The van der Waals surface area contributed by atoms with E-state index >= 15 is 0 Å². The van der Waals surface area contributed by atoms with Crippen LogP contribution in [0.2, 0.25) is 0 Å². The van der Waals surface area contributed by atoms with Gasteiger partial charge in [0.05, 0.1) is 103 Å². The van der Waals surface area contributed by atoms with Crippen LogP contribution in [0, 0.1) is 0 Å². The molecule has 0 unspecified atom stereocenters. The monoisotopic (exact) mass is 1470 g/mol. The van der Waals surface area contributed by atoms with E-state index in [0.29, 0.717) is 62.7 Å². The van der Waals surface area contributed by atoms with Gasteiger partial charge in [-0.25, -0.2) is 0 Å². The highest BCUT2D eigenvalue weighted by Gasteiger charge is 2.49. The van der Waals surface area contributed by atoms with Crippen LogP contribution >= 0.6 is 31.8 Å². The second kappa shape index (κ2) is 74.3. The Hall–Kier alpha value is -1.02. The van der Waals surface area contributed by atoms with E-state index in [1.165, 1.54) is 218 Å². The molecule has 0 aromatic heterocycles. The molecule has 98 heavy (non-hydrogen) atoms. The lowest BCUT2D eigenvalue weighted by Crippen LogP contribution is -2.43. The first kappa shape index (κ1) is 97.0. The van der Waals surface area contributed by atoms with Gasteiger partial charge in [-0.1, -0.05) is 259 Å². The molecule has 0 fully saturated rings. The van der Waals surface area contributed by atoms with E-state index in [1.807, 2.05) is 0 Å². The fourth-order valence-electron chi connectivity index (χ4n) is 10.7. The van der Waals surface area contributed by atoms with Crippen LogP contribution < -0.4 is 22.1 Å². The number of alkyl halides is 4. The summed E-state index contributed by atoms with van der Waals surface area (Å²) in [7, 11) is -3.91. The topological polar surface area (TPSA) is 220 Å². The van der Waals surface area contributed by atoms with Crippen LogP contribution in [0.5, 0.6) is 0 Å². The number of nitrogens with one attached hydrogen (secondary N) is 2. The van der Waals surface area contributed by atoms with Crippen molar-refractivity contribution in [3.63, 3.8) is 0 Å². The highest BCUT2D eigenvalue weighted by Crippen LogP contribution is 2.41. The Labute approximate surface area is 603 Å². The molecular formula is C74H146F4N4O13PS2+. The Morgan fingerprint density at radius 2 is 0.602 bits per heavy atom. The largest absolute Gasteiger partial charge is 0.709 e. The van der Waals surface area contributed by atoms with E-state index in [1.54, 1.807) is 23.5 Å². The number of unbranched alkanes of at least 4 members (excludes halogenated alkanes) is 36. The van der Waals surface area contributed by atoms with Gasteiger partial charge in [-0.3, -0.25) is 9.59 Å². The van der Waals surface area contributed by atoms with Gasteiger partial charge in [-0.15, -0.1) is 0 Å². The first-order chi connectivity index (χ1) is 47.7. The molecule has 0 saturated carbocycles. The summed E-state index contributed by atoms with van der Waals surface area (Å²) in [5.41, 5.74) is 12.4. The fraction of sp³-hybridized carbons (Fsp3) is 0.973. The molecule has 4 atom stereocenters. The Kier molecular flexibility index (Phi) is 73.5. The minimum absolute atomic E-state index is 0.0182. The van der Waals surface area contributed by atoms with Gasteiger partial charge in [0.15, 0.2) is 0 Å². The molecule has 0 aliphatic heterocycles. The summed E-state index contributed by atoms with van der Waals surface area (Å²) in [4.78, 5) is 25.4. The zero-order valence-electron chi connectivity index (χ0n) is 62.4. The quantitative estimate of drug-likeness (QED) is 0.0253. The van der Waals surface area contributed by atoms with Crippen molar-refractivity contribution in [3.05, 3.63) is 0 Å². The Morgan fingerprint density at radius 1 is 0.347 bits per heavy atom. The number of hydrogen-bond acceptors (Lipinski definition) is 17. The number of hydrogen-bond donors (Lipinski definition) is 4. The number of ether oxygens (including phenoxy) is 8. The van der Waals surface area contributed by atoms with Crippen LogP contribution in [-0.4, -0.2) is 177 Å². The molecule has 0 aromatic rings. The van der Waals surface area contributed by atoms with Gasteiger partial charge < -0.3 is 60.0 Å². The van der Waals surface area contributed by atoms with E-state index < -0.39 is 58.6 Å². The van der Waals surface area contributed by atoms with E-state index in [0.717, 1.165) is 38.5 Å². The lowest BCUT2D eigenvalue weighted by Gasteiger charge is -2.19. The van der Waals surface area contributed by atoms with Crippen molar-refractivity contribution >= 4 is 43.6 Å². The smallest absolute Gasteiger partial charge is 0.379 e.